The van der Waals surface area contributed by atoms with Crippen molar-refractivity contribution >= 4 is 23.2 Å². The Morgan fingerprint density at radius 1 is 1.38 bits per heavy atom. The third-order valence-electron chi connectivity index (χ3n) is 1.88. The van der Waals surface area contributed by atoms with E-state index in [4.69, 9.17) is 34.4 Å². The highest BCUT2D eigenvalue weighted by Crippen LogP contribution is 2.27. The third kappa shape index (κ3) is 4.76. The fourth-order valence-electron chi connectivity index (χ4n) is 1.13. The molecule has 1 rings (SSSR count). The van der Waals surface area contributed by atoms with Crippen LogP contribution in [-0.2, 0) is 0 Å². The van der Waals surface area contributed by atoms with Crippen LogP contribution in [0.4, 0.5) is 0 Å². The molecule has 16 heavy (non-hydrogen) atoms. The van der Waals surface area contributed by atoms with Gasteiger partial charge < -0.3 is 10.1 Å². The molecule has 1 aromatic carbocycles. The molecule has 86 valence electrons. The lowest BCUT2D eigenvalue weighted by atomic mass is 10.3. The van der Waals surface area contributed by atoms with Crippen molar-refractivity contribution in [2.75, 3.05) is 19.7 Å². The molecular weight excluding hydrogens is 245 g/mol. The minimum Gasteiger partial charge on any atom is -0.492 e. The fourth-order valence-corrected chi connectivity index (χ4v) is 1.60. The van der Waals surface area contributed by atoms with E-state index in [2.05, 4.69) is 11.2 Å². The molecule has 0 aromatic heterocycles. The van der Waals surface area contributed by atoms with Crippen molar-refractivity contribution in [1.29, 1.82) is 0 Å². The molecule has 1 N–H and O–H groups in total. The lowest BCUT2D eigenvalue weighted by Crippen LogP contribution is -2.17. The van der Waals surface area contributed by atoms with Crippen LogP contribution in [0.15, 0.2) is 18.2 Å². The highest BCUT2D eigenvalue weighted by atomic mass is 35.5. The van der Waals surface area contributed by atoms with Crippen LogP contribution in [0.2, 0.25) is 10.0 Å². The predicted octanol–water partition coefficient (Wildman–Crippen LogP) is 2.99. The van der Waals surface area contributed by atoms with Gasteiger partial charge in [0.05, 0.1) is 18.2 Å². The maximum Gasteiger partial charge on any atom is 0.137 e. The number of hydrogen-bond acceptors (Lipinski definition) is 2. The molecule has 0 spiro atoms. The van der Waals surface area contributed by atoms with Gasteiger partial charge >= 0.3 is 0 Å². The van der Waals surface area contributed by atoms with Crippen molar-refractivity contribution in [1.82, 2.24) is 5.32 Å². The molecule has 0 aliphatic carbocycles. The van der Waals surface area contributed by atoms with Gasteiger partial charge in [0.1, 0.15) is 5.75 Å². The summed E-state index contributed by atoms with van der Waals surface area (Å²) >= 11 is 11.7. The van der Waals surface area contributed by atoms with Gasteiger partial charge in [-0.05, 0) is 31.2 Å². The molecule has 0 atom stereocenters. The first-order chi connectivity index (χ1) is 7.74. The van der Waals surface area contributed by atoms with Gasteiger partial charge in [0.2, 0.25) is 0 Å². The lowest BCUT2D eigenvalue weighted by molar-refractivity contribution is 0.309. The Bertz CT molecular complexity index is 374. The summed E-state index contributed by atoms with van der Waals surface area (Å²) in [4.78, 5) is 0. The topological polar surface area (TPSA) is 21.3 Å². The van der Waals surface area contributed by atoms with Crippen molar-refractivity contribution in [2.24, 2.45) is 0 Å². The quantitative estimate of drug-likeness (QED) is 0.625. The molecule has 0 fully saturated rings. The first kappa shape index (κ1) is 13.2. The molecule has 0 aliphatic heterocycles. The molecule has 0 amide bonds. The number of hydrogen-bond donors (Lipinski definition) is 1. The van der Waals surface area contributed by atoms with Crippen molar-refractivity contribution in [3.05, 3.63) is 28.2 Å². The van der Waals surface area contributed by atoms with E-state index in [1.807, 2.05) is 0 Å². The minimum absolute atomic E-state index is 0.532. The zero-order valence-corrected chi connectivity index (χ0v) is 10.3. The van der Waals surface area contributed by atoms with E-state index >= 15 is 0 Å². The Morgan fingerprint density at radius 3 is 2.88 bits per heavy atom. The molecule has 0 saturated carbocycles. The Balaban J connectivity index is 2.25. The Morgan fingerprint density at radius 2 is 2.19 bits per heavy atom. The number of ether oxygens (including phenoxy) is 1. The Hall–Kier alpha value is -0.880. The van der Waals surface area contributed by atoms with Crippen molar-refractivity contribution in [3.63, 3.8) is 0 Å². The van der Waals surface area contributed by atoms with Gasteiger partial charge in [-0.3, -0.25) is 0 Å². The van der Waals surface area contributed by atoms with Crippen LogP contribution in [0.25, 0.3) is 0 Å². The number of rotatable bonds is 6. The van der Waals surface area contributed by atoms with Crippen molar-refractivity contribution in [2.45, 2.75) is 6.42 Å². The van der Waals surface area contributed by atoms with Crippen LogP contribution in [0.3, 0.4) is 0 Å². The molecule has 0 saturated heterocycles. The van der Waals surface area contributed by atoms with Gasteiger partial charge in [-0.25, -0.2) is 0 Å². The SMILES string of the molecule is C#CCNCCCOc1ccc(Cl)cc1Cl. The standard InChI is InChI=1S/C12H13Cl2NO/c1-2-6-15-7-3-8-16-12-5-4-10(13)9-11(12)14/h1,4-5,9,15H,3,6-8H2. The van der Waals surface area contributed by atoms with Gasteiger partial charge in [-0.1, -0.05) is 29.1 Å². The summed E-state index contributed by atoms with van der Waals surface area (Å²) < 4.78 is 5.49. The van der Waals surface area contributed by atoms with Crippen molar-refractivity contribution < 1.29 is 4.74 Å². The highest BCUT2D eigenvalue weighted by molar-refractivity contribution is 6.35. The second kappa shape index (κ2) is 7.40. The van der Waals surface area contributed by atoms with E-state index in [9.17, 15) is 0 Å². The van der Waals surface area contributed by atoms with Crippen LogP contribution in [-0.4, -0.2) is 19.7 Å². The predicted molar refractivity (Wildman–Crippen MR) is 68.3 cm³/mol. The summed E-state index contributed by atoms with van der Waals surface area (Å²) in [6.45, 7) is 2.01. The molecule has 1 aromatic rings. The average Bonchev–Trinajstić information content (AvgIpc) is 2.26. The smallest absolute Gasteiger partial charge is 0.137 e. The fraction of sp³-hybridized carbons (Fsp3) is 0.333. The third-order valence-corrected chi connectivity index (χ3v) is 2.41. The van der Waals surface area contributed by atoms with E-state index in [-0.39, 0.29) is 0 Å². The van der Waals surface area contributed by atoms with Crippen LogP contribution < -0.4 is 10.1 Å². The van der Waals surface area contributed by atoms with E-state index in [1.165, 1.54) is 0 Å². The van der Waals surface area contributed by atoms with Crippen molar-refractivity contribution in [3.8, 4) is 18.1 Å². The lowest BCUT2D eigenvalue weighted by Gasteiger charge is -2.08. The van der Waals surface area contributed by atoms with E-state index in [0.29, 0.717) is 28.9 Å². The van der Waals surface area contributed by atoms with E-state index < -0.39 is 0 Å². The monoisotopic (exact) mass is 257 g/mol. The minimum atomic E-state index is 0.532. The summed E-state index contributed by atoms with van der Waals surface area (Å²) in [5.74, 6) is 3.16. The van der Waals surface area contributed by atoms with Gasteiger partial charge in [-0.2, -0.15) is 0 Å². The summed E-state index contributed by atoms with van der Waals surface area (Å²) in [6, 6.07) is 5.17. The average molecular weight is 258 g/mol. The summed E-state index contributed by atoms with van der Waals surface area (Å²) in [6.07, 6.45) is 5.97. The van der Waals surface area contributed by atoms with Crippen LogP contribution in [0.5, 0.6) is 5.75 Å². The van der Waals surface area contributed by atoms with Gasteiger partial charge in [0.15, 0.2) is 0 Å². The van der Waals surface area contributed by atoms with Crippen LogP contribution in [0, 0.1) is 12.3 Å². The van der Waals surface area contributed by atoms with Crippen LogP contribution in [0.1, 0.15) is 6.42 Å². The molecule has 0 radical (unpaired) electrons. The maximum absolute atomic E-state index is 5.94. The number of benzene rings is 1. The Labute approximate surface area is 106 Å². The molecule has 0 heterocycles. The second-order valence-electron chi connectivity index (χ2n) is 3.16. The zero-order valence-electron chi connectivity index (χ0n) is 8.80. The molecule has 0 bridgehead atoms. The van der Waals surface area contributed by atoms with E-state index in [0.717, 1.165) is 13.0 Å². The van der Waals surface area contributed by atoms with Gasteiger partial charge in [0, 0.05) is 5.02 Å². The van der Waals surface area contributed by atoms with Crippen LogP contribution >= 0.6 is 23.2 Å². The molecule has 2 nitrogen and oxygen atoms in total. The number of terminal acetylenes is 1. The van der Waals surface area contributed by atoms with Gasteiger partial charge in [0.25, 0.3) is 0 Å². The largest absolute Gasteiger partial charge is 0.492 e. The normalized spacial score (nSPS) is 9.81. The first-order valence-electron chi connectivity index (χ1n) is 4.96. The summed E-state index contributed by atoms with van der Waals surface area (Å²) in [5.41, 5.74) is 0. The first-order valence-corrected chi connectivity index (χ1v) is 5.71. The number of halogens is 2. The molecular formula is C12H13Cl2NO. The number of nitrogens with one attached hydrogen (secondary N) is 1. The summed E-state index contributed by atoms with van der Waals surface area (Å²) in [5, 5.41) is 4.21. The van der Waals surface area contributed by atoms with E-state index in [1.54, 1.807) is 18.2 Å². The summed E-state index contributed by atoms with van der Waals surface area (Å²) in [7, 11) is 0. The molecule has 4 heteroatoms. The van der Waals surface area contributed by atoms with Gasteiger partial charge in [-0.15, -0.1) is 6.42 Å². The Kier molecular flexibility index (Phi) is 6.10. The molecule has 0 unspecified atom stereocenters. The zero-order chi connectivity index (χ0) is 11.8. The molecule has 0 aliphatic rings. The maximum atomic E-state index is 5.94. The second-order valence-corrected chi connectivity index (χ2v) is 4.00. The highest BCUT2D eigenvalue weighted by Gasteiger charge is 2.01.